The van der Waals surface area contributed by atoms with Gasteiger partial charge in [-0.2, -0.15) is 0 Å². The molecular weight excluding hydrogens is 248 g/mol. The Labute approximate surface area is 124 Å². The van der Waals surface area contributed by atoms with Gasteiger partial charge in [0.25, 0.3) is 0 Å². The number of hydrogen-bond donors (Lipinski definition) is 1. The van der Waals surface area contributed by atoms with Crippen LogP contribution in [0.4, 0.5) is 0 Å². The van der Waals surface area contributed by atoms with Gasteiger partial charge in [-0.1, -0.05) is 47.0 Å². The van der Waals surface area contributed by atoms with Gasteiger partial charge in [0.15, 0.2) is 0 Å². The molecule has 1 aliphatic heterocycles. The molecule has 0 radical (unpaired) electrons. The summed E-state index contributed by atoms with van der Waals surface area (Å²) in [7, 11) is 0. The number of amides is 1. The first-order valence-corrected chi connectivity index (χ1v) is 8.64. The molecule has 2 atom stereocenters. The van der Waals surface area contributed by atoms with Gasteiger partial charge < -0.3 is 4.90 Å². The topological polar surface area (TPSA) is 32.3 Å². The molecule has 1 spiro atoms. The van der Waals surface area contributed by atoms with Crippen LogP contribution in [0.25, 0.3) is 0 Å². The summed E-state index contributed by atoms with van der Waals surface area (Å²) in [4.78, 5) is 15.3. The summed E-state index contributed by atoms with van der Waals surface area (Å²) in [5, 5.41) is 3.75. The number of carbonyl (C=O) groups excluding carboxylic acids is 1. The molecule has 3 heteroatoms. The fourth-order valence-electron chi connectivity index (χ4n) is 4.09. The third-order valence-electron chi connectivity index (χ3n) is 5.06. The molecule has 20 heavy (non-hydrogen) atoms. The highest BCUT2D eigenvalue weighted by Crippen LogP contribution is 2.39. The maximum atomic E-state index is 13.1. The zero-order valence-corrected chi connectivity index (χ0v) is 13.7. The van der Waals surface area contributed by atoms with Crippen LogP contribution >= 0.6 is 0 Å². The van der Waals surface area contributed by atoms with E-state index >= 15 is 0 Å². The van der Waals surface area contributed by atoms with Crippen LogP contribution < -0.4 is 5.32 Å². The fraction of sp³-hybridized carbons (Fsp3) is 0.941. The molecule has 0 aromatic rings. The Hall–Kier alpha value is -0.570. The monoisotopic (exact) mass is 280 g/mol. The normalized spacial score (nSPS) is 26.9. The van der Waals surface area contributed by atoms with E-state index < -0.39 is 0 Å². The van der Waals surface area contributed by atoms with Crippen molar-refractivity contribution in [3.8, 4) is 0 Å². The number of hydrogen-bond acceptors (Lipinski definition) is 2. The molecule has 1 heterocycles. The highest BCUT2D eigenvalue weighted by molar-refractivity contribution is 5.89. The fourth-order valence-corrected chi connectivity index (χ4v) is 4.09. The van der Waals surface area contributed by atoms with Gasteiger partial charge in [0, 0.05) is 6.04 Å². The van der Waals surface area contributed by atoms with Gasteiger partial charge in [0.1, 0.15) is 0 Å². The highest BCUT2D eigenvalue weighted by atomic mass is 16.2. The zero-order valence-electron chi connectivity index (χ0n) is 13.7. The van der Waals surface area contributed by atoms with Crippen molar-refractivity contribution in [1.29, 1.82) is 0 Å². The minimum absolute atomic E-state index is 0.208. The van der Waals surface area contributed by atoms with Crippen LogP contribution in [0.15, 0.2) is 0 Å². The molecule has 1 saturated carbocycles. The molecule has 0 aromatic carbocycles. The van der Waals surface area contributed by atoms with E-state index in [1.165, 1.54) is 12.8 Å². The molecule has 1 N–H and O–H groups in total. The lowest BCUT2D eigenvalue weighted by atomic mass is 9.97. The Balaban J connectivity index is 2.21. The van der Waals surface area contributed by atoms with Crippen LogP contribution in [0.1, 0.15) is 79.1 Å². The summed E-state index contributed by atoms with van der Waals surface area (Å²) >= 11 is 0. The average molecular weight is 280 g/mol. The van der Waals surface area contributed by atoms with E-state index in [0.717, 1.165) is 38.5 Å². The standard InChI is InChI=1S/C17H32N2O/c1-5-9-14(6-2)19-15(12-13(3)4)18-17(16(19)20)10-7-8-11-17/h13-15,18H,5-12H2,1-4H3. The molecule has 0 bridgehead atoms. The SMILES string of the molecule is CCCC(CC)N1C(=O)C2(CCCC2)NC1CC(C)C. The lowest BCUT2D eigenvalue weighted by molar-refractivity contribution is -0.135. The molecule has 2 aliphatic rings. The van der Waals surface area contributed by atoms with E-state index in [1.807, 2.05) is 0 Å². The third kappa shape index (κ3) is 2.88. The molecular formula is C17H32N2O. The van der Waals surface area contributed by atoms with Gasteiger partial charge in [-0.05, 0) is 38.0 Å². The van der Waals surface area contributed by atoms with Crippen LogP contribution in [-0.4, -0.2) is 28.6 Å². The average Bonchev–Trinajstić information content (AvgIpc) is 2.95. The van der Waals surface area contributed by atoms with Crippen molar-refractivity contribution < 1.29 is 4.79 Å². The second kappa shape index (κ2) is 6.46. The minimum atomic E-state index is -0.208. The molecule has 3 nitrogen and oxygen atoms in total. The van der Waals surface area contributed by atoms with E-state index in [2.05, 4.69) is 37.9 Å². The number of nitrogens with zero attached hydrogens (tertiary/aromatic N) is 1. The van der Waals surface area contributed by atoms with Crippen molar-refractivity contribution in [3.05, 3.63) is 0 Å². The predicted octanol–water partition coefficient (Wildman–Crippen LogP) is 3.68. The van der Waals surface area contributed by atoms with Gasteiger partial charge in [0.05, 0.1) is 11.7 Å². The van der Waals surface area contributed by atoms with Crippen molar-refractivity contribution >= 4 is 5.91 Å². The quantitative estimate of drug-likeness (QED) is 0.805. The first-order valence-electron chi connectivity index (χ1n) is 8.64. The van der Waals surface area contributed by atoms with Crippen molar-refractivity contribution in [1.82, 2.24) is 10.2 Å². The summed E-state index contributed by atoms with van der Waals surface area (Å²) in [5.74, 6) is 1.03. The molecule has 2 unspecified atom stereocenters. The Morgan fingerprint density at radius 2 is 1.95 bits per heavy atom. The van der Waals surface area contributed by atoms with Crippen LogP contribution in [0.3, 0.4) is 0 Å². The van der Waals surface area contributed by atoms with Gasteiger partial charge in [0.2, 0.25) is 5.91 Å². The van der Waals surface area contributed by atoms with E-state index in [4.69, 9.17) is 0 Å². The van der Waals surface area contributed by atoms with Crippen molar-refractivity contribution in [3.63, 3.8) is 0 Å². The van der Waals surface area contributed by atoms with Gasteiger partial charge in [-0.25, -0.2) is 0 Å². The van der Waals surface area contributed by atoms with Crippen LogP contribution in [0.2, 0.25) is 0 Å². The van der Waals surface area contributed by atoms with E-state index in [-0.39, 0.29) is 11.7 Å². The maximum absolute atomic E-state index is 13.1. The first-order chi connectivity index (χ1) is 9.54. The predicted molar refractivity (Wildman–Crippen MR) is 83.4 cm³/mol. The molecule has 1 amide bonds. The zero-order chi connectivity index (χ0) is 14.8. The number of rotatable bonds is 6. The van der Waals surface area contributed by atoms with Gasteiger partial charge in [-0.3, -0.25) is 10.1 Å². The first kappa shape index (κ1) is 15.8. The summed E-state index contributed by atoms with van der Waals surface area (Å²) in [6.45, 7) is 8.95. The Kier molecular flexibility index (Phi) is 5.11. The largest absolute Gasteiger partial charge is 0.323 e. The minimum Gasteiger partial charge on any atom is -0.323 e. The van der Waals surface area contributed by atoms with Crippen molar-refractivity contribution in [2.75, 3.05) is 0 Å². The maximum Gasteiger partial charge on any atom is 0.244 e. The van der Waals surface area contributed by atoms with E-state index in [9.17, 15) is 4.79 Å². The lowest BCUT2D eigenvalue weighted by Crippen LogP contribution is -2.45. The Morgan fingerprint density at radius 1 is 1.30 bits per heavy atom. The van der Waals surface area contributed by atoms with Gasteiger partial charge in [-0.15, -0.1) is 0 Å². The molecule has 2 fully saturated rings. The summed E-state index contributed by atoms with van der Waals surface area (Å²) in [6.07, 6.45) is 9.19. The van der Waals surface area contributed by atoms with E-state index in [0.29, 0.717) is 17.9 Å². The number of nitrogens with one attached hydrogen (secondary N) is 1. The van der Waals surface area contributed by atoms with E-state index in [1.54, 1.807) is 0 Å². The van der Waals surface area contributed by atoms with Crippen molar-refractivity contribution in [2.24, 2.45) is 5.92 Å². The highest BCUT2D eigenvalue weighted by Gasteiger charge is 2.53. The second-order valence-electron chi connectivity index (χ2n) is 7.14. The second-order valence-corrected chi connectivity index (χ2v) is 7.14. The molecule has 0 aromatic heterocycles. The molecule has 116 valence electrons. The van der Waals surface area contributed by atoms with Crippen LogP contribution in [0, 0.1) is 5.92 Å². The molecule has 1 aliphatic carbocycles. The summed E-state index contributed by atoms with van der Waals surface area (Å²) in [5.41, 5.74) is -0.208. The summed E-state index contributed by atoms with van der Waals surface area (Å²) in [6, 6.07) is 0.420. The van der Waals surface area contributed by atoms with Gasteiger partial charge >= 0.3 is 0 Å². The van der Waals surface area contributed by atoms with Crippen LogP contribution in [0.5, 0.6) is 0 Å². The molecule has 1 saturated heterocycles. The Morgan fingerprint density at radius 3 is 2.45 bits per heavy atom. The molecule has 2 rings (SSSR count). The Bertz CT molecular complexity index is 334. The van der Waals surface area contributed by atoms with Crippen molar-refractivity contribution in [2.45, 2.75) is 96.8 Å². The number of carbonyl (C=O) groups is 1. The third-order valence-corrected chi connectivity index (χ3v) is 5.06. The summed E-state index contributed by atoms with van der Waals surface area (Å²) < 4.78 is 0. The lowest BCUT2D eigenvalue weighted by Gasteiger charge is -2.33. The smallest absolute Gasteiger partial charge is 0.244 e. The van der Waals surface area contributed by atoms with Crippen LogP contribution in [-0.2, 0) is 4.79 Å².